The second-order valence-corrected chi connectivity index (χ2v) is 6.92. The van der Waals surface area contributed by atoms with Crippen molar-refractivity contribution in [3.63, 3.8) is 0 Å². The highest BCUT2D eigenvalue weighted by molar-refractivity contribution is 9.10. The number of nitro groups is 2. The third-order valence-corrected chi connectivity index (χ3v) is 4.72. The van der Waals surface area contributed by atoms with E-state index in [9.17, 15) is 25.0 Å². The summed E-state index contributed by atoms with van der Waals surface area (Å²) in [7, 11) is 0. The van der Waals surface area contributed by atoms with E-state index in [0.29, 0.717) is 5.69 Å². The number of azo groups is 1. The molecule has 0 fully saturated rings. The quantitative estimate of drug-likeness (QED) is 0.301. The van der Waals surface area contributed by atoms with E-state index in [1.54, 1.807) is 18.2 Å². The molecular formula is C18H19BrN6O5. The van der Waals surface area contributed by atoms with Crippen LogP contribution in [-0.2, 0) is 4.79 Å². The summed E-state index contributed by atoms with van der Waals surface area (Å²) in [6, 6.07) is 7.10. The van der Waals surface area contributed by atoms with Crippen LogP contribution in [0.1, 0.15) is 20.8 Å². The molecule has 2 aromatic carbocycles. The Bertz CT molecular complexity index is 1020. The van der Waals surface area contributed by atoms with Crippen molar-refractivity contribution >= 4 is 56.0 Å². The summed E-state index contributed by atoms with van der Waals surface area (Å²) in [4.78, 5) is 34.5. The molecule has 1 amide bonds. The molecule has 11 nitrogen and oxygen atoms in total. The zero-order valence-corrected chi connectivity index (χ0v) is 18.0. The van der Waals surface area contributed by atoms with Crippen LogP contribution in [0.4, 0.5) is 34.1 Å². The Morgan fingerprint density at radius 2 is 1.77 bits per heavy atom. The molecule has 0 aliphatic heterocycles. The molecule has 0 saturated heterocycles. The number of nitrogens with one attached hydrogen (secondary N) is 1. The number of amides is 1. The average Bonchev–Trinajstić information content (AvgIpc) is 2.67. The third kappa shape index (κ3) is 5.35. The van der Waals surface area contributed by atoms with Gasteiger partial charge in [-0.1, -0.05) is 0 Å². The number of anilines is 2. The van der Waals surface area contributed by atoms with Crippen LogP contribution in [0, 0.1) is 20.2 Å². The van der Waals surface area contributed by atoms with Crippen molar-refractivity contribution < 1.29 is 14.6 Å². The SMILES string of the molecule is CCN(CC)c1ccc(N=Nc2c(Br)cc([N+](=O)[O-])cc2[N+](=O)[O-])c(NC(C)=O)c1. The van der Waals surface area contributed by atoms with Crippen molar-refractivity contribution in [2.75, 3.05) is 23.3 Å². The van der Waals surface area contributed by atoms with Crippen LogP contribution in [0.3, 0.4) is 0 Å². The fourth-order valence-electron chi connectivity index (χ4n) is 2.70. The molecule has 1 N–H and O–H groups in total. The fourth-order valence-corrected chi connectivity index (χ4v) is 3.22. The van der Waals surface area contributed by atoms with Gasteiger partial charge in [-0.05, 0) is 48.0 Å². The molecule has 12 heteroatoms. The largest absolute Gasteiger partial charge is 0.372 e. The van der Waals surface area contributed by atoms with Gasteiger partial charge in [0.1, 0.15) is 5.69 Å². The van der Waals surface area contributed by atoms with Gasteiger partial charge in [-0.25, -0.2) is 0 Å². The lowest BCUT2D eigenvalue weighted by Gasteiger charge is -2.22. The highest BCUT2D eigenvalue weighted by Crippen LogP contribution is 2.40. The molecule has 0 aromatic heterocycles. The predicted molar refractivity (Wildman–Crippen MR) is 116 cm³/mol. The highest BCUT2D eigenvalue weighted by Gasteiger charge is 2.23. The van der Waals surface area contributed by atoms with Crippen LogP contribution in [0.5, 0.6) is 0 Å². The molecule has 0 heterocycles. The van der Waals surface area contributed by atoms with Gasteiger partial charge in [-0.15, -0.1) is 10.2 Å². The molecule has 2 aromatic rings. The number of non-ortho nitro benzene ring substituents is 1. The normalized spacial score (nSPS) is 10.8. The first-order valence-corrected chi connectivity index (χ1v) is 9.67. The molecule has 0 radical (unpaired) electrons. The summed E-state index contributed by atoms with van der Waals surface area (Å²) in [6.07, 6.45) is 0. The predicted octanol–water partition coefficient (Wildman–Crippen LogP) is 5.49. The smallest absolute Gasteiger partial charge is 0.304 e. The number of hydrogen-bond acceptors (Lipinski definition) is 8. The Hall–Kier alpha value is -3.41. The fraction of sp³-hybridized carbons (Fsp3) is 0.278. The van der Waals surface area contributed by atoms with Gasteiger partial charge in [0.05, 0.1) is 26.1 Å². The average molecular weight is 479 g/mol. The van der Waals surface area contributed by atoms with E-state index in [4.69, 9.17) is 0 Å². The molecule has 30 heavy (non-hydrogen) atoms. The topological polar surface area (TPSA) is 143 Å². The van der Waals surface area contributed by atoms with Gasteiger partial charge in [0.25, 0.3) is 5.69 Å². The maximum atomic E-state index is 11.6. The summed E-state index contributed by atoms with van der Waals surface area (Å²) in [5.41, 5.74) is 0.338. The highest BCUT2D eigenvalue weighted by atomic mass is 79.9. The van der Waals surface area contributed by atoms with E-state index in [0.717, 1.165) is 30.9 Å². The van der Waals surface area contributed by atoms with Crippen LogP contribution in [-0.4, -0.2) is 28.8 Å². The molecular weight excluding hydrogens is 460 g/mol. The summed E-state index contributed by atoms with van der Waals surface area (Å²) < 4.78 is 0.0491. The minimum Gasteiger partial charge on any atom is -0.372 e. The van der Waals surface area contributed by atoms with Gasteiger partial charge in [-0.2, -0.15) is 0 Å². The lowest BCUT2D eigenvalue weighted by Crippen LogP contribution is -2.21. The standard InChI is InChI=1S/C18H19BrN6O5/c1-4-23(5-2)12-6-7-15(16(9-12)20-11(3)26)21-22-18-14(19)8-13(24(27)28)10-17(18)25(29)30/h6-10H,4-5H2,1-3H3,(H,20,26). The summed E-state index contributed by atoms with van der Waals surface area (Å²) in [5, 5.41) is 33.0. The monoisotopic (exact) mass is 478 g/mol. The van der Waals surface area contributed by atoms with Gasteiger partial charge in [0.2, 0.25) is 5.91 Å². The lowest BCUT2D eigenvalue weighted by atomic mass is 10.2. The van der Waals surface area contributed by atoms with Gasteiger partial charge in [0.15, 0.2) is 5.69 Å². The number of carbonyl (C=O) groups is 1. The number of nitro benzene ring substituents is 2. The molecule has 0 aliphatic rings. The van der Waals surface area contributed by atoms with Crippen LogP contribution in [0.15, 0.2) is 45.0 Å². The maximum absolute atomic E-state index is 11.6. The maximum Gasteiger partial charge on any atom is 0.304 e. The van der Waals surface area contributed by atoms with Crippen LogP contribution in [0.2, 0.25) is 0 Å². The minimum absolute atomic E-state index is 0.0491. The van der Waals surface area contributed by atoms with E-state index < -0.39 is 21.2 Å². The number of hydrogen-bond donors (Lipinski definition) is 1. The number of rotatable bonds is 8. The molecule has 158 valence electrons. The molecule has 0 unspecified atom stereocenters. The summed E-state index contributed by atoms with van der Waals surface area (Å²) in [5.74, 6) is -0.314. The Balaban J connectivity index is 2.54. The lowest BCUT2D eigenvalue weighted by molar-refractivity contribution is -0.393. The number of carbonyl (C=O) groups excluding carboxylic acids is 1. The first-order valence-electron chi connectivity index (χ1n) is 8.88. The second kappa shape index (κ2) is 9.87. The first kappa shape index (κ1) is 22.9. The van der Waals surface area contributed by atoms with E-state index in [-0.39, 0.29) is 21.8 Å². The zero-order chi connectivity index (χ0) is 22.4. The minimum atomic E-state index is -0.773. The van der Waals surface area contributed by atoms with Crippen molar-refractivity contribution in [3.8, 4) is 0 Å². The van der Waals surface area contributed by atoms with Gasteiger partial charge in [-0.3, -0.25) is 25.0 Å². The molecule has 2 rings (SSSR count). The van der Waals surface area contributed by atoms with Crippen LogP contribution >= 0.6 is 15.9 Å². The Labute approximate surface area is 180 Å². The first-order chi connectivity index (χ1) is 14.2. The molecule has 0 spiro atoms. The Morgan fingerprint density at radius 3 is 2.30 bits per heavy atom. The van der Waals surface area contributed by atoms with E-state index in [2.05, 4.69) is 36.4 Å². The van der Waals surface area contributed by atoms with Crippen molar-refractivity contribution in [2.24, 2.45) is 10.2 Å². The van der Waals surface area contributed by atoms with Crippen LogP contribution < -0.4 is 10.2 Å². The number of halogens is 1. The van der Waals surface area contributed by atoms with Crippen molar-refractivity contribution in [2.45, 2.75) is 20.8 Å². The van der Waals surface area contributed by atoms with E-state index >= 15 is 0 Å². The van der Waals surface area contributed by atoms with Gasteiger partial charge in [0, 0.05) is 31.8 Å². The van der Waals surface area contributed by atoms with Crippen molar-refractivity contribution in [1.29, 1.82) is 0 Å². The van der Waals surface area contributed by atoms with Crippen LogP contribution in [0.25, 0.3) is 0 Å². The van der Waals surface area contributed by atoms with Gasteiger partial charge >= 0.3 is 5.69 Å². The Morgan fingerprint density at radius 1 is 1.10 bits per heavy atom. The zero-order valence-electron chi connectivity index (χ0n) is 16.5. The molecule has 0 bridgehead atoms. The van der Waals surface area contributed by atoms with Crippen molar-refractivity contribution in [3.05, 3.63) is 55.0 Å². The van der Waals surface area contributed by atoms with E-state index in [1.165, 1.54) is 6.92 Å². The summed E-state index contributed by atoms with van der Waals surface area (Å²) >= 11 is 3.08. The second-order valence-electron chi connectivity index (χ2n) is 6.06. The molecule has 0 atom stereocenters. The van der Waals surface area contributed by atoms with E-state index in [1.807, 2.05) is 13.8 Å². The third-order valence-electron chi connectivity index (χ3n) is 4.11. The molecule has 0 saturated carbocycles. The number of benzene rings is 2. The van der Waals surface area contributed by atoms with Gasteiger partial charge < -0.3 is 10.2 Å². The molecule has 0 aliphatic carbocycles. The summed E-state index contributed by atoms with van der Waals surface area (Å²) in [6.45, 7) is 6.88. The number of nitrogens with zero attached hydrogens (tertiary/aromatic N) is 5. The van der Waals surface area contributed by atoms with Crippen molar-refractivity contribution in [1.82, 2.24) is 0 Å². The Kier molecular flexibility index (Phi) is 7.53.